The number of anilines is 1. The Morgan fingerprint density at radius 2 is 2.37 bits per heavy atom. The summed E-state index contributed by atoms with van der Waals surface area (Å²) in [5, 5.41) is 3.24. The summed E-state index contributed by atoms with van der Waals surface area (Å²) in [6.07, 6.45) is 2.03. The third kappa shape index (κ3) is 4.33. The van der Waals surface area contributed by atoms with E-state index in [-0.39, 0.29) is 6.10 Å². The van der Waals surface area contributed by atoms with E-state index in [0.29, 0.717) is 24.9 Å². The van der Waals surface area contributed by atoms with Crippen molar-refractivity contribution in [1.82, 2.24) is 9.97 Å². The van der Waals surface area contributed by atoms with Gasteiger partial charge >= 0.3 is 0 Å². The molecule has 1 fully saturated rings. The molecule has 1 aliphatic heterocycles. The average Bonchev–Trinajstić information content (AvgIpc) is 2.89. The predicted octanol–water partition coefficient (Wildman–Crippen LogP) is 1.61. The number of aromatic nitrogens is 2. The highest BCUT2D eigenvalue weighted by Gasteiger charge is 2.18. The molecule has 1 aliphatic rings. The van der Waals surface area contributed by atoms with Gasteiger partial charge in [0.1, 0.15) is 18.5 Å². The van der Waals surface area contributed by atoms with Gasteiger partial charge in [-0.15, -0.1) is 0 Å². The van der Waals surface area contributed by atoms with Crippen molar-refractivity contribution >= 4 is 5.82 Å². The van der Waals surface area contributed by atoms with Crippen LogP contribution in [0.1, 0.15) is 25.6 Å². The molecule has 106 valence electrons. The Morgan fingerprint density at radius 3 is 3.05 bits per heavy atom. The lowest BCUT2D eigenvalue weighted by molar-refractivity contribution is 0.136. The van der Waals surface area contributed by atoms with E-state index in [4.69, 9.17) is 14.2 Å². The number of hydrogen-bond donors (Lipinski definition) is 1. The zero-order chi connectivity index (χ0) is 13.5. The molecule has 1 saturated heterocycles. The van der Waals surface area contributed by atoms with E-state index in [0.717, 1.165) is 31.8 Å². The van der Waals surface area contributed by atoms with E-state index < -0.39 is 0 Å². The quantitative estimate of drug-likeness (QED) is 0.809. The van der Waals surface area contributed by atoms with Gasteiger partial charge in [0.25, 0.3) is 0 Å². The lowest BCUT2D eigenvalue weighted by Gasteiger charge is -2.13. The number of nitrogens with zero attached hydrogens (tertiary/aromatic N) is 2. The third-order valence-corrected chi connectivity index (χ3v) is 2.75. The van der Waals surface area contributed by atoms with Crippen molar-refractivity contribution in [2.75, 3.05) is 32.2 Å². The van der Waals surface area contributed by atoms with Crippen molar-refractivity contribution in [2.24, 2.45) is 0 Å². The number of nitrogens with one attached hydrogen (secondary N) is 1. The molecular weight excluding hydrogens is 246 g/mol. The number of hydrogen-bond acceptors (Lipinski definition) is 6. The first kappa shape index (κ1) is 14.0. The summed E-state index contributed by atoms with van der Waals surface area (Å²) in [5.41, 5.74) is 0. The third-order valence-electron chi connectivity index (χ3n) is 2.75. The van der Waals surface area contributed by atoms with Crippen molar-refractivity contribution in [3.8, 4) is 5.88 Å². The molecule has 1 aromatic heterocycles. The molecule has 0 saturated carbocycles. The highest BCUT2D eigenvalue weighted by Crippen LogP contribution is 2.18. The zero-order valence-corrected chi connectivity index (χ0v) is 11.5. The zero-order valence-electron chi connectivity index (χ0n) is 11.5. The van der Waals surface area contributed by atoms with Crippen LogP contribution in [-0.2, 0) is 16.1 Å². The maximum atomic E-state index is 5.81. The summed E-state index contributed by atoms with van der Waals surface area (Å²) < 4.78 is 16.2. The highest BCUT2D eigenvalue weighted by atomic mass is 16.5. The lowest BCUT2D eigenvalue weighted by atomic mass is 10.3. The maximum Gasteiger partial charge on any atom is 0.219 e. The second kappa shape index (κ2) is 7.25. The highest BCUT2D eigenvalue weighted by molar-refractivity contribution is 5.38. The molecule has 1 N–H and O–H groups in total. The van der Waals surface area contributed by atoms with Crippen molar-refractivity contribution in [2.45, 2.75) is 32.5 Å². The van der Waals surface area contributed by atoms with Crippen LogP contribution in [0.15, 0.2) is 6.07 Å². The van der Waals surface area contributed by atoms with E-state index in [1.807, 2.05) is 6.07 Å². The van der Waals surface area contributed by atoms with Crippen LogP contribution < -0.4 is 10.1 Å². The van der Waals surface area contributed by atoms with Gasteiger partial charge in [0.15, 0.2) is 5.82 Å². The Kier molecular flexibility index (Phi) is 5.35. The molecule has 19 heavy (non-hydrogen) atoms. The van der Waals surface area contributed by atoms with Crippen molar-refractivity contribution in [1.29, 1.82) is 0 Å². The van der Waals surface area contributed by atoms with E-state index in [2.05, 4.69) is 22.2 Å². The van der Waals surface area contributed by atoms with Gasteiger partial charge in [-0.2, -0.15) is 4.98 Å². The summed E-state index contributed by atoms with van der Waals surface area (Å²) in [5.74, 6) is 1.98. The number of ether oxygens (including phenoxy) is 3. The minimum atomic E-state index is 0.0873. The molecule has 0 aliphatic carbocycles. The fourth-order valence-electron chi connectivity index (χ4n) is 1.85. The Balaban J connectivity index is 2.07. The summed E-state index contributed by atoms with van der Waals surface area (Å²) in [6, 6.07) is 1.83. The Morgan fingerprint density at radius 1 is 1.47 bits per heavy atom. The molecule has 0 aromatic carbocycles. The molecule has 2 rings (SSSR count). The summed E-state index contributed by atoms with van der Waals surface area (Å²) in [7, 11) is 1.63. The fourth-order valence-corrected chi connectivity index (χ4v) is 1.85. The molecule has 0 spiro atoms. The molecule has 2 heterocycles. The van der Waals surface area contributed by atoms with E-state index in [1.165, 1.54) is 0 Å². The SMILES string of the molecule is CCCNc1cc(OC2CCOC2)nc(COC)n1. The summed E-state index contributed by atoms with van der Waals surface area (Å²) in [6.45, 7) is 4.73. The molecular formula is C13H21N3O3. The first-order valence-corrected chi connectivity index (χ1v) is 6.67. The second-order valence-corrected chi connectivity index (χ2v) is 4.47. The van der Waals surface area contributed by atoms with Gasteiger partial charge in [-0.05, 0) is 6.42 Å². The molecule has 6 heteroatoms. The summed E-state index contributed by atoms with van der Waals surface area (Å²) >= 11 is 0. The Labute approximate surface area is 113 Å². The maximum absolute atomic E-state index is 5.81. The molecule has 0 amide bonds. The van der Waals surface area contributed by atoms with Crippen LogP contribution >= 0.6 is 0 Å². The van der Waals surface area contributed by atoms with Gasteiger partial charge in [0, 0.05) is 26.1 Å². The van der Waals surface area contributed by atoms with Crippen LogP contribution in [0.2, 0.25) is 0 Å². The predicted molar refractivity (Wildman–Crippen MR) is 71.4 cm³/mol. The monoisotopic (exact) mass is 267 g/mol. The minimum Gasteiger partial charge on any atom is -0.472 e. The smallest absolute Gasteiger partial charge is 0.219 e. The Bertz CT molecular complexity index is 395. The largest absolute Gasteiger partial charge is 0.472 e. The average molecular weight is 267 g/mol. The minimum absolute atomic E-state index is 0.0873. The molecule has 1 atom stereocenters. The Hall–Kier alpha value is -1.40. The standard InChI is InChI=1S/C13H21N3O3/c1-3-5-14-11-7-13(16-12(15-11)9-17-2)19-10-4-6-18-8-10/h7,10H,3-6,8-9H2,1-2H3,(H,14,15,16). The van der Waals surface area contributed by atoms with Crippen LogP contribution in [0.5, 0.6) is 5.88 Å². The van der Waals surface area contributed by atoms with Gasteiger partial charge in [0.2, 0.25) is 5.88 Å². The van der Waals surface area contributed by atoms with Gasteiger partial charge in [-0.3, -0.25) is 0 Å². The van der Waals surface area contributed by atoms with Crippen LogP contribution in [0.25, 0.3) is 0 Å². The normalized spacial score (nSPS) is 18.5. The number of rotatable bonds is 7. The molecule has 6 nitrogen and oxygen atoms in total. The van der Waals surface area contributed by atoms with Gasteiger partial charge < -0.3 is 19.5 Å². The topological polar surface area (TPSA) is 65.5 Å². The van der Waals surface area contributed by atoms with Crippen molar-refractivity contribution in [3.05, 3.63) is 11.9 Å². The van der Waals surface area contributed by atoms with Crippen LogP contribution in [0.3, 0.4) is 0 Å². The fraction of sp³-hybridized carbons (Fsp3) is 0.692. The van der Waals surface area contributed by atoms with E-state index in [9.17, 15) is 0 Å². The van der Waals surface area contributed by atoms with Gasteiger partial charge in [0.05, 0.1) is 13.2 Å². The molecule has 0 radical (unpaired) electrons. The van der Waals surface area contributed by atoms with Crippen LogP contribution in [-0.4, -0.2) is 42.9 Å². The first-order valence-electron chi connectivity index (χ1n) is 6.67. The molecule has 1 aromatic rings. The second-order valence-electron chi connectivity index (χ2n) is 4.47. The number of methoxy groups -OCH3 is 1. The van der Waals surface area contributed by atoms with Crippen molar-refractivity contribution in [3.63, 3.8) is 0 Å². The van der Waals surface area contributed by atoms with Gasteiger partial charge in [-0.25, -0.2) is 4.98 Å². The van der Waals surface area contributed by atoms with Gasteiger partial charge in [-0.1, -0.05) is 6.92 Å². The lowest BCUT2D eigenvalue weighted by Crippen LogP contribution is -2.17. The molecule has 0 bridgehead atoms. The van der Waals surface area contributed by atoms with E-state index >= 15 is 0 Å². The van der Waals surface area contributed by atoms with Crippen LogP contribution in [0.4, 0.5) is 5.82 Å². The van der Waals surface area contributed by atoms with E-state index in [1.54, 1.807) is 7.11 Å². The van der Waals surface area contributed by atoms with Crippen molar-refractivity contribution < 1.29 is 14.2 Å². The van der Waals surface area contributed by atoms with Crippen LogP contribution in [0, 0.1) is 0 Å². The molecule has 1 unspecified atom stereocenters. The summed E-state index contributed by atoms with van der Waals surface area (Å²) in [4.78, 5) is 8.72. The first-order chi connectivity index (χ1) is 9.31.